The molecule has 0 spiro atoms. The highest BCUT2D eigenvalue weighted by molar-refractivity contribution is 7.80. The average molecular weight is 290 g/mol. The first kappa shape index (κ1) is 15.7. The zero-order valence-corrected chi connectivity index (χ0v) is 11.5. The summed E-state index contributed by atoms with van der Waals surface area (Å²) in [4.78, 5) is 1.19. The van der Waals surface area contributed by atoms with Crippen molar-refractivity contribution in [1.29, 1.82) is 0 Å². The minimum atomic E-state index is -1.09. The van der Waals surface area contributed by atoms with Crippen LogP contribution in [0, 0.1) is 11.6 Å². The molecule has 3 N–H and O–H groups in total. The largest absolute Gasteiger partial charge is 0.389 e. The van der Waals surface area contributed by atoms with Crippen LogP contribution in [0.3, 0.4) is 0 Å². The van der Waals surface area contributed by atoms with E-state index in [1.165, 1.54) is 31.2 Å². The van der Waals surface area contributed by atoms with Gasteiger partial charge in [-0.1, -0.05) is 12.2 Å². The molecule has 0 saturated carbocycles. The summed E-state index contributed by atoms with van der Waals surface area (Å²) in [5.74, 6) is -2.13. The Balaban J connectivity index is 2.96. The highest BCUT2D eigenvalue weighted by Gasteiger charge is 2.18. The first-order valence-electron chi connectivity index (χ1n) is 5.54. The van der Waals surface area contributed by atoms with Crippen molar-refractivity contribution in [2.45, 2.75) is 6.10 Å². The summed E-state index contributed by atoms with van der Waals surface area (Å²) < 4.78 is 32.3. The third kappa shape index (κ3) is 3.82. The number of rotatable bonds is 6. The van der Waals surface area contributed by atoms with Crippen molar-refractivity contribution in [2.24, 2.45) is 5.73 Å². The number of anilines is 1. The number of ether oxygens (including phenoxy) is 1. The van der Waals surface area contributed by atoms with Crippen LogP contribution in [0.25, 0.3) is 0 Å². The first-order valence-corrected chi connectivity index (χ1v) is 5.95. The molecule has 106 valence electrons. The van der Waals surface area contributed by atoms with Gasteiger partial charge in [0.1, 0.15) is 4.99 Å². The third-order valence-corrected chi connectivity index (χ3v) is 2.80. The van der Waals surface area contributed by atoms with E-state index in [9.17, 15) is 13.9 Å². The van der Waals surface area contributed by atoms with Crippen LogP contribution in [-0.2, 0) is 4.74 Å². The maximum absolute atomic E-state index is 13.9. The van der Waals surface area contributed by atoms with E-state index in [0.29, 0.717) is 0 Å². The number of aliphatic hydroxyl groups is 1. The minimum absolute atomic E-state index is 0.0210. The van der Waals surface area contributed by atoms with Gasteiger partial charge in [0.15, 0.2) is 11.6 Å². The summed E-state index contributed by atoms with van der Waals surface area (Å²) in [7, 11) is 2.98. The van der Waals surface area contributed by atoms with Gasteiger partial charge in [-0.15, -0.1) is 0 Å². The summed E-state index contributed by atoms with van der Waals surface area (Å²) in [6.45, 7) is 0.218. The molecule has 0 aliphatic rings. The molecule has 0 aliphatic heterocycles. The van der Waals surface area contributed by atoms with Crippen LogP contribution < -0.4 is 10.6 Å². The number of likely N-dealkylation sites (N-methyl/N-ethyl adjacent to an activating group) is 1. The zero-order chi connectivity index (χ0) is 14.6. The molecular formula is C12H16F2N2O2S. The Morgan fingerprint density at radius 2 is 2.11 bits per heavy atom. The fourth-order valence-corrected chi connectivity index (χ4v) is 1.84. The molecule has 1 rings (SSSR count). The number of nitrogens with zero attached hydrogens (tertiary/aromatic N) is 1. The smallest absolute Gasteiger partial charge is 0.182 e. The normalized spacial score (nSPS) is 12.3. The monoisotopic (exact) mass is 290 g/mol. The van der Waals surface area contributed by atoms with Gasteiger partial charge in [-0.3, -0.25) is 0 Å². The number of hydrogen-bond acceptors (Lipinski definition) is 4. The molecule has 19 heavy (non-hydrogen) atoms. The van der Waals surface area contributed by atoms with Crippen molar-refractivity contribution in [1.82, 2.24) is 0 Å². The van der Waals surface area contributed by atoms with E-state index >= 15 is 0 Å². The van der Waals surface area contributed by atoms with Gasteiger partial charge < -0.3 is 20.5 Å². The van der Waals surface area contributed by atoms with Crippen LogP contribution in [-0.4, -0.2) is 43.5 Å². The Hall–Kier alpha value is -1.31. The lowest BCUT2D eigenvalue weighted by Crippen LogP contribution is -2.32. The molecule has 0 radical (unpaired) electrons. The van der Waals surface area contributed by atoms with Crippen molar-refractivity contribution in [3.8, 4) is 0 Å². The van der Waals surface area contributed by atoms with E-state index in [1.54, 1.807) is 0 Å². The molecule has 1 aromatic rings. The topological polar surface area (TPSA) is 58.7 Å². The Bertz CT molecular complexity index is 471. The van der Waals surface area contributed by atoms with E-state index in [2.05, 4.69) is 12.2 Å². The van der Waals surface area contributed by atoms with E-state index in [0.717, 1.165) is 0 Å². The molecule has 0 aromatic heterocycles. The predicted octanol–water partition coefficient (Wildman–Crippen LogP) is 1.04. The second kappa shape index (κ2) is 6.74. The Labute approximate surface area is 115 Å². The predicted molar refractivity (Wildman–Crippen MR) is 73.4 cm³/mol. The quantitative estimate of drug-likeness (QED) is 0.767. The number of benzene rings is 1. The fraction of sp³-hybridized carbons (Fsp3) is 0.417. The van der Waals surface area contributed by atoms with Crippen LogP contribution in [0.5, 0.6) is 0 Å². The number of halogens is 2. The SMILES string of the molecule is COCC(O)CN(C)c1ccc(C(N)=S)c(F)c1F. The molecule has 0 saturated heterocycles. The van der Waals surface area contributed by atoms with E-state index in [-0.39, 0.29) is 29.4 Å². The summed E-state index contributed by atoms with van der Waals surface area (Å²) >= 11 is 4.62. The van der Waals surface area contributed by atoms with Gasteiger partial charge in [-0.2, -0.15) is 0 Å². The summed E-state index contributed by atoms with van der Waals surface area (Å²) in [5, 5.41) is 9.56. The van der Waals surface area contributed by atoms with Crippen LogP contribution in [0.4, 0.5) is 14.5 Å². The van der Waals surface area contributed by atoms with Gasteiger partial charge in [-0.25, -0.2) is 8.78 Å². The first-order chi connectivity index (χ1) is 8.88. The lowest BCUT2D eigenvalue weighted by Gasteiger charge is -2.23. The standard InChI is InChI=1S/C12H16F2N2O2S/c1-16(5-7(17)6-18-2)9-4-3-8(12(15)19)10(13)11(9)14/h3-4,7,17H,5-6H2,1-2H3,(H2,15,19). The van der Waals surface area contributed by atoms with E-state index in [4.69, 9.17) is 10.5 Å². The molecule has 1 aromatic carbocycles. The van der Waals surface area contributed by atoms with Crippen molar-refractivity contribution in [3.63, 3.8) is 0 Å². The summed E-state index contributed by atoms with van der Waals surface area (Å²) in [6, 6.07) is 2.68. The number of aliphatic hydroxyl groups excluding tert-OH is 1. The molecule has 4 nitrogen and oxygen atoms in total. The molecule has 0 fully saturated rings. The lowest BCUT2D eigenvalue weighted by atomic mass is 10.1. The number of thiocarbonyl (C=S) groups is 1. The van der Waals surface area contributed by atoms with Gasteiger partial charge in [0.25, 0.3) is 0 Å². The van der Waals surface area contributed by atoms with Crippen LogP contribution in [0.2, 0.25) is 0 Å². The van der Waals surface area contributed by atoms with Crippen molar-refractivity contribution >= 4 is 22.9 Å². The number of methoxy groups -OCH3 is 1. The minimum Gasteiger partial charge on any atom is -0.389 e. The molecule has 0 amide bonds. The summed E-state index contributed by atoms with van der Waals surface area (Å²) in [6.07, 6.45) is -0.798. The number of nitrogens with two attached hydrogens (primary N) is 1. The van der Waals surface area contributed by atoms with Crippen LogP contribution in [0.15, 0.2) is 12.1 Å². The molecule has 7 heteroatoms. The van der Waals surface area contributed by atoms with Crippen molar-refractivity contribution < 1.29 is 18.6 Å². The van der Waals surface area contributed by atoms with Gasteiger partial charge in [0, 0.05) is 26.3 Å². The van der Waals surface area contributed by atoms with Gasteiger partial charge in [0.2, 0.25) is 0 Å². The second-order valence-corrected chi connectivity index (χ2v) is 4.55. The third-order valence-electron chi connectivity index (χ3n) is 2.58. The molecule has 1 unspecified atom stereocenters. The molecule has 0 heterocycles. The van der Waals surface area contributed by atoms with Gasteiger partial charge in [0.05, 0.1) is 18.4 Å². The second-order valence-electron chi connectivity index (χ2n) is 4.11. The summed E-state index contributed by atoms with van der Waals surface area (Å²) in [5.41, 5.74) is 5.17. The van der Waals surface area contributed by atoms with Crippen molar-refractivity contribution in [3.05, 3.63) is 29.3 Å². The van der Waals surface area contributed by atoms with Crippen molar-refractivity contribution in [2.75, 3.05) is 32.2 Å². The van der Waals surface area contributed by atoms with Crippen LogP contribution >= 0.6 is 12.2 Å². The maximum Gasteiger partial charge on any atom is 0.182 e. The Kier molecular flexibility index (Phi) is 5.59. The highest BCUT2D eigenvalue weighted by atomic mass is 32.1. The fourth-order valence-electron chi connectivity index (χ4n) is 1.68. The maximum atomic E-state index is 13.9. The lowest BCUT2D eigenvalue weighted by molar-refractivity contribution is 0.0694. The molecule has 0 aliphatic carbocycles. The average Bonchev–Trinajstić information content (AvgIpc) is 2.32. The van der Waals surface area contributed by atoms with E-state index < -0.39 is 17.7 Å². The Morgan fingerprint density at radius 3 is 2.63 bits per heavy atom. The van der Waals surface area contributed by atoms with Crippen LogP contribution in [0.1, 0.15) is 5.56 Å². The van der Waals surface area contributed by atoms with Gasteiger partial charge >= 0.3 is 0 Å². The van der Waals surface area contributed by atoms with Gasteiger partial charge in [-0.05, 0) is 12.1 Å². The molecule has 1 atom stereocenters. The molecular weight excluding hydrogens is 274 g/mol. The number of hydrogen-bond donors (Lipinski definition) is 2. The van der Waals surface area contributed by atoms with E-state index in [1.807, 2.05) is 0 Å². The zero-order valence-electron chi connectivity index (χ0n) is 10.7. The molecule has 0 bridgehead atoms. The highest BCUT2D eigenvalue weighted by Crippen LogP contribution is 2.23. The Morgan fingerprint density at radius 1 is 1.47 bits per heavy atom.